The van der Waals surface area contributed by atoms with Gasteiger partial charge in [-0.3, -0.25) is 14.7 Å². The van der Waals surface area contributed by atoms with Crippen molar-refractivity contribution in [2.45, 2.75) is 12.8 Å². The van der Waals surface area contributed by atoms with Gasteiger partial charge in [0, 0.05) is 19.6 Å². The van der Waals surface area contributed by atoms with Crippen LogP contribution in [0.5, 0.6) is 0 Å². The molecule has 0 unspecified atom stereocenters. The van der Waals surface area contributed by atoms with E-state index in [4.69, 9.17) is 4.74 Å². The molecule has 1 aliphatic heterocycles. The van der Waals surface area contributed by atoms with Crippen molar-refractivity contribution in [2.75, 3.05) is 44.7 Å². The molecule has 6 heteroatoms. The predicted molar refractivity (Wildman–Crippen MR) is 87.3 cm³/mol. The highest BCUT2D eigenvalue weighted by molar-refractivity contribution is 5.78. The number of anilines is 1. The van der Waals surface area contributed by atoms with Crippen LogP contribution in [0.2, 0.25) is 0 Å². The average Bonchev–Trinajstić information content (AvgIpc) is 2.56. The standard InChI is InChI=1S/C16H22N4O2/c21-15-13-5-1-2-6-14(13)18-16(19-15)17-7-3-4-8-20-9-11-22-12-10-20/h1-2,5-6H,3-4,7-12H2,(H2,17,18,19,21). The first-order chi connectivity index (χ1) is 10.8. The quantitative estimate of drug-likeness (QED) is 0.790. The number of hydrogen-bond acceptors (Lipinski definition) is 5. The highest BCUT2D eigenvalue weighted by atomic mass is 16.5. The number of unbranched alkanes of at least 4 members (excludes halogenated alkanes) is 1. The Kier molecular flexibility index (Phi) is 5.03. The molecule has 118 valence electrons. The SMILES string of the molecule is O=c1[nH]c(NCCCCN2CCOCC2)nc2ccccc12. The van der Waals surface area contributed by atoms with Gasteiger partial charge in [-0.05, 0) is 31.5 Å². The molecule has 2 aromatic rings. The molecule has 1 saturated heterocycles. The number of ether oxygens (including phenoxy) is 1. The molecule has 3 rings (SSSR count). The summed E-state index contributed by atoms with van der Waals surface area (Å²) in [5, 5.41) is 3.83. The van der Waals surface area contributed by atoms with E-state index in [0.717, 1.165) is 57.8 Å². The summed E-state index contributed by atoms with van der Waals surface area (Å²) in [7, 11) is 0. The molecular weight excluding hydrogens is 280 g/mol. The second-order valence-electron chi connectivity index (χ2n) is 5.52. The zero-order valence-electron chi connectivity index (χ0n) is 12.7. The molecule has 1 aromatic carbocycles. The molecule has 2 N–H and O–H groups in total. The molecule has 0 atom stereocenters. The van der Waals surface area contributed by atoms with E-state index < -0.39 is 0 Å². The molecule has 0 saturated carbocycles. The van der Waals surface area contributed by atoms with E-state index in [0.29, 0.717) is 11.3 Å². The number of H-pyrrole nitrogens is 1. The number of benzene rings is 1. The molecule has 0 aliphatic carbocycles. The van der Waals surface area contributed by atoms with Crippen molar-refractivity contribution in [3.8, 4) is 0 Å². The minimum absolute atomic E-state index is 0.0959. The minimum Gasteiger partial charge on any atom is -0.379 e. The maximum Gasteiger partial charge on any atom is 0.260 e. The maximum absolute atomic E-state index is 11.9. The zero-order valence-corrected chi connectivity index (χ0v) is 12.7. The number of fused-ring (bicyclic) bond motifs is 1. The lowest BCUT2D eigenvalue weighted by atomic mass is 10.2. The van der Waals surface area contributed by atoms with E-state index in [1.807, 2.05) is 18.2 Å². The Morgan fingerprint density at radius 1 is 1.23 bits per heavy atom. The van der Waals surface area contributed by atoms with Crippen molar-refractivity contribution in [1.29, 1.82) is 0 Å². The van der Waals surface area contributed by atoms with Crippen LogP contribution >= 0.6 is 0 Å². The van der Waals surface area contributed by atoms with Gasteiger partial charge in [-0.1, -0.05) is 12.1 Å². The Labute approximate surface area is 129 Å². The number of nitrogens with zero attached hydrogens (tertiary/aromatic N) is 2. The molecule has 1 fully saturated rings. The topological polar surface area (TPSA) is 70.2 Å². The molecule has 0 bridgehead atoms. The number of aromatic nitrogens is 2. The first-order valence-electron chi connectivity index (χ1n) is 7.86. The van der Waals surface area contributed by atoms with Gasteiger partial charge in [-0.2, -0.15) is 0 Å². The molecule has 6 nitrogen and oxygen atoms in total. The van der Waals surface area contributed by atoms with Crippen LogP contribution in [0.3, 0.4) is 0 Å². The van der Waals surface area contributed by atoms with E-state index >= 15 is 0 Å². The Hall–Kier alpha value is -1.92. The van der Waals surface area contributed by atoms with E-state index in [1.165, 1.54) is 0 Å². The van der Waals surface area contributed by atoms with Gasteiger partial charge in [0.1, 0.15) is 0 Å². The second kappa shape index (κ2) is 7.38. The van der Waals surface area contributed by atoms with Gasteiger partial charge >= 0.3 is 0 Å². The third-order valence-electron chi connectivity index (χ3n) is 3.91. The number of morpholine rings is 1. The van der Waals surface area contributed by atoms with Crippen molar-refractivity contribution in [2.24, 2.45) is 0 Å². The van der Waals surface area contributed by atoms with Crippen LogP contribution in [0.15, 0.2) is 29.1 Å². The number of nitrogens with one attached hydrogen (secondary N) is 2. The van der Waals surface area contributed by atoms with Gasteiger partial charge in [0.2, 0.25) is 5.95 Å². The van der Waals surface area contributed by atoms with Gasteiger partial charge in [0.25, 0.3) is 5.56 Å². The van der Waals surface area contributed by atoms with Crippen LogP contribution in [-0.2, 0) is 4.74 Å². The molecule has 2 heterocycles. The Morgan fingerprint density at radius 3 is 2.91 bits per heavy atom. The van der Waals surface area contributed by atoms with Crippen LogP contribution < -0.4 is 10.9 Å². The van der Waals surface area contributed by atoms with Crippen molar-refractivity contribution < 1.29 is 4.74 Å². The fraction of sp³-hybridized carbons (Fsp3) is 0.500. The molecule has 22 heavy (non-hydrogen) atoms. The van der Waals surface area contributed by atoms with Gasteiger partial charge in [0.15, 0.2) is 0 Å². The normalized spacial score (nSPS) is 16.0. The number of hydrogen-bond donors (Lipinski definition) is 2. The van der Waals surface area contributed by atoms with Crippen LogP contribution in [0.4, 0.5) is 5.95 Å². The summed E-state index contributed by atoms with van der Waals surface area (Å²) in [6.07, 6.45) is 2.18. The van der Waals surface area contributed by atoms with Crippen molar-refractivity contribution >= 4 is 16.9 Å². The zero-order chi connectivity index (χ0) is 15.2. The smallest absolute Gasteiger partial charge is 0.260 e. The summed E-state index contributed by atoms with van der Waals surface area (Å²) in [4.78, 5) is 21.6. The summed E-state index contributed by atoms with van der Waals surface area (Å²) in [5.41, 5.74) is 0.628. The summed E-state index contributed by atoms with van der Waals surface area (Å²) >= 11 is 0. The lowest BCUT2D eigenvalue weighted by molar-refractivity contribution is 0.0373. The second-order valence-corrected chi connectivity index (χ2v) is 5.52. The monoisotopic (exact) mass is 302 g/mol. The maximum atomic E-state index is 11.9. The molecular formula is C16H22N4O2. The fourth-order valence-corrected chi connectivity index (χ4v) is 2.66. The molecule has 0 radical (unpaired) electrons. The highest BCUT2D eigenvalue weighted by Crippen LogP contribution is 2.08. The number of para-hydroxylation sites is 1. The highest BCUT2D eigenvalue weighted by Gasteiger charge is 2.09. The van der Waals surface area contributed by atoms with E-state index in [-0.39, 0.29) is 5.56 Å². The summed E-state index contributed by atoms with van der Waals surface area (Å²) in [6, 6.07) is 7.38. The predicted octanol–water partition coefficient (Wildman–Crippen LogP) is 1.45. The van der Waals surface area contributed by atoms with Gasteiger partial charge in [-0.25, -0.2) is 4.98 Å². The molecule has 0 amide bonds. The van der Waals surface area contributed by atoms with Crippen LogP contribution in [0.1, 0.15) is 12.8 Å². The van der Waals surface area contributed by atoms with E-state index in [9.17, 15) is 4.79 Å². The first kappa shape index (κ1) is 15.0. The number of aromatic amines is 1. The van der Waals surface area contributed by atoms with Crippen LogP contribution in [0.25, 0.3) is 10.9 Å². The van der Waals surface area contributed by atoms with Crippen molar-refractivity contribution in [3.05, 3.63) is 34.6 Å². The fourth-order valence-electron chi connectivity index (χ4n) is 2.66. The van der Waals surface area contributed by atoms with E-state index in [2.05, 4.69) is 20.2 Å². The Morgan fingerprint density at radius 2 is 2.05 bits per heavy atom. The lowest BCUT2D eigenvalue weighted by Crippen LogP contribution is -2.36. The molecule has 1 aromatic heterocycles. The van der Waals surface area contributed by atoms with Crippen LogP contribution in [0, 0.1) is 0 Å². The number of rotatable bonds is 6. The minimum atomic E-state index is -0.0959. The van der Waals surface area contributed by atoms with E-state index in [1.54, 1.807) is 6.07 Å². The third-order valence-corrected chi connectivity index (χ3v) is 3.91. The lowest BCUT2D eigenvalue weighted by Gasteiger charge is -2.26. The van der Waals surface area contributed by atoms with Gasteiger partial charge in [-0.15, -0.1) is 0 Å². The summed E-state index contributed by atoms with van der Waals surface area (Å²) in [6.45, 7) is 5.68. The Balaban J connectivity index is 1.46. The molecule has 1 aliphatic rings. The van der Waals surface area contributed by atoms with Crippen molar-refractivity contribution in [1.82, 2.24) is 14.9 Å². The average molecular weight is 302 g/mol. The Bertz CT molecular complexity index is 664. The van der Waals surface area contributed by atoms with Crippen molar-refractivity contribution in [3.63, 3.8) is 0 Å². The third kappa shape index (κ3) is 3.84. The first-order valence-corrected chi connectivity index (χ1v) is 7.86. The van der Waals surface area contributed by atoms with Gasteiger partial charge < -0.3 is 10.1 Å². The largest absolute Gasteiger partial charge is 0.379 e. The summed E-state index contributed by atoms with van der Waals surface area (Å²) < 4.78 is 5.34. The molecule has 0 spiro atoms. The van der Waals surface area contributed by atoms with Crippen LogP contribution in [-0.4, -0.2) is 54.3 Å². The summed E-state index contributed by atoms with van der Waals surface area (Å²) in [5.74, 6) is 0.551. The van der Waals surface area contributed by atoms with Gasteiger partial charge in [0.05, 0.1) is 24.1 Å².